The van der Waals surface area contributed by atoms with Crippen LogP contribution in [0.4, 0.5) is 11.4 Å². The van der Waals surface area contributed by atoms with Gasteiger partial charge in [-0.3, -0.25) is 14.4 Å². The highest BCUT2D eigenvalue weighted by Gasteiger charge is 2.33. The van der Waals surface area contributed by atoms with Gasteiger partial charge in [0, 0.05) is 22.4 Å². The maximum Gasteiger partial charge on any atom is 0.255 e. The van der Waals surface area contributed by atoms with Crippen molar-refractivity contribution >= 4 is 28.8 Å². The molecule has 30 heavy (non-hydrogen) atoms. The Balaban J connectivity index is 1.70. The normalized spacial score (nSPS) is 12.9. The van der Waals surface area contributed by atoms with Crippen molar-refractivity contribution in [2.24, 2.45) is 0 Å². The fourth-order valence-corrected chi connectivity index (χ4v) is 3.69. The second-order valence-electron chi connectivity index (χ2n) is 8.44. The largest absolute Gasteiger partial charge is 0.398 e. The first-order chi connectivity index (χ1) is 14.2. The lowest BCUT2D eigenvalue weighted by atomic mass is 9.82. The minimum absolute atomic E-state index is 0.0183. The highest BCUT2D eigenvalue weighted by molar-refractivity contribution is 6.32. The molecule has 0 saturated carbocycles. The van der Waals surface area contributed by atoms with Crippen LogP contribution in [0.15, 0.2) is 60.7 Å². The molecule has 150 valence electrons. The number of hydrogen-bond acceptors (Lipinski definition) is 4. The zero-order valence-electron chi connectivity index (χ0n) is 17.1. The molecule has 0 aromatic heterocycles. The lowest BCUT2D eigenvalue weighted by Gasteiger charge is -2.21. The number of rotatable bonds is 2. The first-order valence-electron chi connectivity index (χ1n) is 9.71. The van der Waals surface area contributed by atoms with Crippen molar-refractivity contribution in [1.29, 1.82) is 0 Å². The predicted octanol–water partition coefficient (Wildman–Crippen LogP) is 4.59. The molecule has 3 aromatic carbocycles. The summed E-state index contributed by atoms with van der Waals surface area (Å²) in [6.45, 7) is 6.31. The number of fused-ring (bicyclic) bond motifs is 2. The van der Waals surface area contributed by atoms with E-state index in [1.807, 2.05) is 12.1 Å². The van der Waals surface area contributed by atoms with Gasteiger partial charge in [0.2, 0.25) is 0 Å². The summed E-state index contributed by atoms with van der Waals surface area (Å²) in [4.78, 5) is 38.9. The minimum atomic E-state index is -0.345. The number of nitrogens with one attached hydrogen (secondary N) is 1. The van der Waals surface area contributed by atoms with Crippen molar-refractivity contribution in [3.63, 3.8) is 0 Å². The summed E-state index contributed by atoms with van der Waals surface area (Å²) in [5.74, 6) is -0.989. The first kappa shape index (κ1) is 19.6. The molecule has 3 aromatic rings. The van der Waals surface area contributed by atoms with Gasteiger partial charge >= 0.3 is 0 Å². The Labute approximate surface area is 174 Å². The molecule has 0 fully saturated rings. The maximum atomic E-state index is 13.1. The van der Waals surface area contributed by atoms with Crippen molar-refractivity contribution in [2.75, 3.05) is 11.1 Å². The molecular formula is C25H22N2O3. The number of ketones is 2. The Morgan fingerprint density at radius 3 is 2.00 bits per heavy atom. The molecule has 0 atom stereocenters. The maximum absolute atomic E-state index is 13.1. The lowest BCUT2D eigenvalue weighted by Crippen LogP contribution is -2.25. The monoisotopic (exact) mass is 398 g/mol. The number of anilines is 2. The Kier molecular flexibility index (Phi) is 4.54. The summed E-state index contributed by atoms with van der Waals surface area (Å²) < 4.78 is 0. The molecule has 0 bridgehead atoms. The number of carbonyl (C=O) groups is 3. The van der Waals surface area contributed by atoms with E-state index in [0.717, 1.165) is 5.56 Å². The molecular weight excluding hydrogens is 376 g/mol. The topological polar surface area (TPSA) is 89.3 Å². The second-order valence-corrected chi connectivity index (χ2v) is 8.44. The van der Waals surface area contributed by atoms with Crippen molar-refractivity contribution in [3.05, 3.63) is 94.0 Å². The van der Waals surface area contributed by atoms with Crippen molar-refractivity contribution in [2.45, 2.75) is 26.2 Å². The SMILES string of the molecule is CC(C)(C)c1ccc(C(=O)Nc2cccc3c2C(=O)c2cccc(N)c2C3=O)cc1. The summed E-state index contributed by atoms with van der Waals surface area (Å²) in [6.07, 6.45) is 0. The third kappa shape index (κ3) is 3.18. The van der Waals surface area contributed by atoms with Crippen molar-refractivity contribution in [1.82, 2.24) is 0 Å². The highest BCUT2D eigenvalue weighted by Crippen LogP contribution is 2.34. The van der Waals surface area contributed by atoms with Crippen LogP contribution in [0.5, 0.6) is 0 Å². The van der Waals surface area contributed by atoms with Gasteiger partial charge in [-0.25, -0.2) is 0 Å². The summed E-state index contributed by atoms with van der Waals surface area (Å²) in [7, 11) is 0. The van der Waals surface area contributed by atoms with Gasteiger partial charge in [-0.15, -0.1) is 0 Å². The van der Waals surface area contributed by atoms with Crippen LogP contribution in [0.25, 0.3) is 0 Å². The molecule has 3 N–H and O–H groups in total. The summed E-state index contributed by atoms with van der Waals surface area (Å²) in [5, 5.41) is 2.80. The first-order valence-corrected chi connectivity index (χ1v) is 9.71. The number of benzene rings is 3. The molecule has 1 aliphatic carbocycles. The van der Waals surface area contributed by atoms with E-state index >= 15 is 0 Å². The van der Waals surface area contributed by atoms with E-state index in [0.29, 0.717) is 11.3 Å². The third-order valence-corrected chi connectivity index (χ3v) is 5.37. The molecule has 4 rings (SSSR count). The zero-order valence-corrected chi connectivity index (χ0v) is 17.1. The molecule has 0 saturated heterocycles. The molecule has 0 aliphatic heterocycles. The van der Waals surface area contributed by atoms with Crippen LogP contribution in [0.3, 0.4) is 0 Å². The van der Waals surface area contributed by atoms with E-state index in [-0.39, 0.29) is 50.8 Å². The lowest BCUT2D eigenvalue weighted by molar-refractivity contribution is 0.0979. The standard InChI is InChI=1S/C25H22N2O3/c1-25(2,3)15-12-10-14(11-13-15)24(30)27-19-9-5-7-17-21(19)23(29)16-6-4-8-18(26)20(16)22(17)28/h4-13H,26H2,1-3H3,(H,27,30). The van der Waals surface area contributed by atoms with Gasteiger partial charge in [0.25, 0.3) is 5.91 Å². The molecule has 0 spiro atoms. The van der Waals surface area contributed by atoms with Crippen molar-refractivity contribution in [3.8, 4) is 0 Å². The van der Waals surface area contributed by atoms with E-state index in [9.17, 15) is 14.4 Å². The molecule has 0 unspecified atom stereocenters. The Morgan fingerprint density at radius 2 is 1.37 bits per heavy atom. The van der Waals surface area contributed by atoms with E-state index in [2.05, 4.69) is 26.1 Å². The van der Waals surface area contributed by atoms with Gasteiger partial charge in [0.1, 0.15) is 0 Å². The molecule has 0 heterocycles. The molecule has 5 nitrogen and oxygen atoms in total. The highest BCUT2D eigenvalue weighted by atomic mass is 16.2. The fourth-order valence-electron chi connectivity index (χ4n) is 3.69. The van der Waals surface area contributed by atoms with Gasteiger partial charge in [-0.1, -0.05) is 57.2 Å². The van der Waals surface area contributed by atoms with Gasteiger partial charge in [0.05, 0.1) is 16.8 Å². The predicted molar refractivity (Wildman–Crippen MR) is 117 cm³/mol. The summed E-state index contributed by atoms with van der Waals surface area (Å²) in [6, 6.07) is 17.0. The van der Waals surface area contributed by atoms with Crippen LogP contribution in [-0.4, -0.2) is 17.5 Å². The van der Waals surface area contributed by atoms with Gasteiger partial charge in [0.15, 0.2) is 11.6 Å². The van der Waals surface area contributed by atoms with Gasteiger partial charge < -0.3 is 11.1 Å². The van der Waals surface area contributed by atoms with E-state index in [1.54, 1.807) is 48.5 Å². The van der Waals surface area contributed by atoms with Gasteiger partial charge in [-0.05, 0) is 35.2 Å². The number of hydrogen-bond donors (Lipinski definition) is 2. The van der Waals surface area contributed by atoms with Crippen LogP contribution in [-0.2, 0) is 5.41 Å². The van der Waals surface area contributed by atoms with E-state index in [4.69, 9.17) is 5.73 Å². The van der Waals surface area contributed by atoms with Crippen LogP contribution in [0.1, 0.15) is 68.5 Å². The van der Waals surface area contributed by atoms with Gasteiger partial charge in [-0.2, -0.15) is 0 Å². The molecule has 1 amide bonds. The quantitative estimate of drug-likeness (QED) is 0.483. The fraction of sp³-hybridized carbons (Fsp3) is 0.160. The number of amides is 1. The van der Waals surface area contributed by atoms with E-state index in [1.165, 1.54) is 0 Å². The second kappa shape index (κ2) is 6.95. The number of nitrogens with two attached hydrogens (primary N) is 1. The molecule has 5 heteroatoms. The van der Waals surface area contributed by atoms with Crippen LogP contribution in [0.2, 0.25) is 0 Å². The van der Waals surface area contributed by atoms with Crippen LogP contribution < -0.4 is 11.1 Å². The number of carbonyl (C=O) groups excluding carboxylic acids is 3. The summed E-state index contributed by atoms with van der Waals surface area (Å²) in [5.41, 5.74) is 9.00. The summed E-state index contributed by atoms with van der Waals surface area (Å²) >= 11 is 0. The third-order valence-electron chi connectivity index (χ3n) is 5.37. The minimum Gasteiger partial charge on any atom is -0.398 e. The van der Waals surface area contributed by atoms with E-state index < -0.39 is 0 Å². The average molecular weight is 398 g/mol. The Hall–Kier alpha value is -3.73. The van der Waals surface area contributed by atoms with Crippen LogP contribution >= 0.6 is 0 Å². The van der Waals surface area contributed by atoms with Crippen molar-refractivity contribution < 1.29 is 14.4 Å². The Morgan fingerprint density at radius 1 is 0.800 bits per heavy atom. The zero-order chi connectivity index (χ0) is 21.6. The Bertz CT molecular complexity index is 1200. The molecule has 1 aliphatic rings. The average Bonchev–Trinajstić information content (AvgIpc) is 2.71. The smallest absolute Gasteiger partial charge is 0.255 e. The number of nitrogen functional groups attached to an aromatic ring is 1. The molecule has 0 radical (unpaired) electrons. The van der Waals surface area contributed by atoms with Crippen LogP contribution in [0, 0.1) is 0 Å².